The van der Waals surface area contributed by atoms with Crippen LogP contribution in [0.3, 0.4) is 0 Å². The normalized spacial score (nSPS) is 16.7. The van der Waals surface area contributed by atoms with E-state index in [-0.39, 0.29) is 37.2 Å². The number of carbonyl (C=O) groups excluding carboxylic acids is 2. The molecule has 5 heteroatoms. The Hall–Kier alpha value is -3.21. The van der Waals surface area contributed by atoms with Crippen LogP contribution in [0.2, 0.25) is 0 Å². The van der Waals surface area contributed by atoms with Crippen molar-refractivity contribution in [1.29, 1.82) is 0 Å². The maximum Gasteiger partial charge on any atom is 0.336 e. The summed E-state index contributed by atoms with van der Waals surface area (Å²) in [6.07, 6.45) is 1.68. The lowest BCUT2D eigenvalue weighted by Gasteiger charge is -2.35. The molecule has 0 radical (unpaired) electrons. The number of halogens is 1. The van der Waals surface area contributed by atoms with Crippen molar-refractivity contribution in [1.82, 2.24) is 4.90 Å². The third-order valence-electron chi connectivity index (χ3n) is 5.19. The number of hydrogen-bond donors (Lipinski definition) is 0. The molecule has 0 aliphatic carbocycles. The summed E-state index contributed by atoms with van der Waals surface area (Å²) in [5.74, 6) is -1.24. The van der Waals surface area contributed by atoms with Gasteiger partial charge < -0.3 is 9.64 Å². The van der Waals surface area contributed by atoms with Crippen LogP contribution in [0.1, 0.15) is 36.0 Å². The van der Waals surface area contributed by atoms with Gasteiger partial charge in [-0.3, -0.25) is 4.79 Å². The molecule has 1 aliphatic rings. The largest absolute Gasteiger partial charge is 0.458 e. The van der Waals surface area contributed by atoms with Crippen LogP contribution in [0.15, 0.2) is 72.5 Å². The number of hydrogen-bond acceptors (Lipinski definition) is 3. The van der Waals surface area contributed by atoms with Crippen LogP contribution >= 0.6 is 0 Å². The van der Waals surface area contributed by atoms with E-state index < -0.39 is 5.97 Å². The van der Waals surface area contributed by atoms with Gasteiger partial charge in [-0.2, -0.15) is 0 Å². The molecule has 29 heavy (non-hydrogen) atoms. The molecule has 2 aromatic rings. The predicted molar refractivity (Wildman–Crippen MR) is 109 cm³/mol. The van der Waals surface area contributed by atoms with E-state index in [1.807, 2.05) is 31.2 Å². The number of nitrogens with zero attached hydrogens (tertiary/aromatic N) is 1. The van der Waals surface area contributed by atoms with Crippen molar-refractivity contribution in [3.05, 3.63) is 95.0 Å². The number of carbonyl (C=O) groups is 2. The first-order chi connectivity index (χ1) is 13.9. The highest BCUT2D eigenvalue weighted by Gasteiger charge is 2.37. The Balaban J connectivity index is 2.03. The fourth-order valence-electron chi connectivity index (χ4n) is 3.70. The van der Waals surface area contributed by atoms with Gasteiger partial charge >= 0.3 is 5.97 Å². The molecule has 0 saturated heterocycles. The van der Waals surface area contributed by atoms with E-state index in [1.165, 1.54) is 18.2 Å². The summed E-state index contributed by atoms with van der Waals surface area (Å²) >= 11 is 0. The monoisotopic (exact) mass is 393 g/mol. The van der Waals surface area contributed by atoms with Crippen LogP contribution in [0.4, 0.5) is 4.39 Å². The minimum atomic E-state index is -0.452. The lowest BCUT2D eigenvalue weighted by atomic mass is 9.82. The quantitative estimate of drug-likeness (QED) is 0.530. The van der Waals surface area contributed by atoms with Gasteiger partial charge in [-0.25, -0.2) is 9.18 Å². The summed E-state index contributed by atoms with van der Waals surface area (Å²) in [6.45, 7) is 7.68. The van der Waals surface area contributed by atoms with Crippen LogP contribution in [0, 0.1) is 12.7 Å². The summed E-state index contributed by atoms with van der Waals surface area (Å²) in [7, 11) is 0. The minimum absolute atomic E-state index is 0.0830. The van der Waals surface area contributed by atoms with Crippen molar-refractivity contribution in [3.63, 3.8) is 0 Å². The van der Waals surface area contributed by atoms with Crippen molar-refractivity contribution in [2.24, 2.45) is 0 Å². The smallest absolute Gasteiger partial charge is 0.336 e. The van der Waals surface area contributed by atoms with Crippen molar-refractivity contribution >= 4 is 11.9 Å². The first-order valence-electron chi connectivity index (χ1n) is 9.51. The number of amides is 1. The third-order valence-corrected chi connectivity index (χ3v) is 5.19. The highest BCUT2D eigenvalue weighted by Crippen LogP contribution is 2.38. The average Bonchev–Trinajstić information content (AvgIpc) is 2.70. The van der Waals surface area contributed by atoms with E-state index in [2.05, 4.69) is 6.58 Å². The molecular formula is C24H24FNO3. The van der Waals surface area contributed by atoms with Gasteiger partial charge in [0.25, 0.3) is 0 Å². The molecule has 0 N–H and O–H groups in total. The summed E-state index contributed by atoms with van der Waals surface area (Å²) < 4.78 is 18.6. The maximum absolute atomic E-state index is 13.2. The zero-order valence-electron chi connectivity index (χ0n) is 16.7. The Morgan fingerprint density at radius 3 is 2.55 bits per heavy atom. The Morgan fingerprint density at radius 2 is 1.90 bits per heavy atom. The highest BCUT2D eigenvalue weighted by atomic mass is 19.1. The second-order valence-corrected chi connectivity index (χ2v) is 7.11. The van der Waals surface area contributed by atoms with Crippen LogP contribution in [0.25, 0.3) is 0 Å². The predicted octanol–water partition coefficient (Wildman–Crippen LogP) is 4.65. The molecule has 2 aromatic carbocycles. The maximum atomic E-state index is 13.2. The van der Waals surface area contributed by atoms with Gasteiger partial charge in [0.2, 0.25) is 5.91 Å². The molecule has 4 nitrogen and oxygen atoms in total. The molecule has 0 fully saturated rings. The molecule has 0 bridgehead atoms. The molecule has 1 aliphatic heterocycles. The molecule has 1 unspecified atom stereocenters. The molecule has 3 rings (SSSR count). The van der Waals surface area contributed by atoms with Crippen molar-refractivity contribution in [2.75, 3.05) is 6.61 Å². The number of benzene rings is 2. The fourth-order valence-corrected chi connectivity index (χ4v) is 3.70. The van der Waals surface area contributed by atoms with E-state index in [0.717, 1.165) is 16.7 Å². The molecule has 1 amide bonds. The first-order valence-corrected chi connectivity index (χ1v) is 9.51. The molecule has 1 atom stereocenters. The lowest BCUT2D eigenvalue weighted by Crippen LogP contribution is -2.38. The zero-order chi connectivity index (χ0) is 21.0. The van der Waals surface area contributed by atoms with Crippen molar-refractivity contribution in [2.45, 2.75) is 32.7 Å². The van der Waals surface area contributed by atoms with Gasteiger partial charge in [0.15, 0.2) is 0 Å². The van der Waals surface area contributed by atoms with E-state index in [0.29, 0.717) is 11.3 Å². The van der Waals surface area contributed by atoms with Gasteiger partial charge in [0.1, 0.15) is 12.4 Å². The van der Waals surface area contributed by atoms with Crippen LogP contribution < -0.4 is 0 Å². The number of esters is 1. The first kappa shape index (κ1) is 20.5. The minimum Gasteiger partial charge on any atom is -0.458 e. The van der Waals surface area contributed by atoms with Gasteiger partial charge in [-0.1, -0.05) is 49.1 Å². The summed E-state index contributed by atoms with van der Waals surface area (Å²) in [5, 5.41) is 0. The van der Waals surface area contributed by atoms with Crippen LogP contribution in [-0.2, 0) is 20.9 Å². The van der Waals surface area contributed by atoms with Gasteiger partial charge in [0.05, 0.1) is 12.1 Å². The van der Waals surface area contributed by atoms with Gasteiger partial charge in [-0.15, -0.1) is 0 Å². The fraction of sp³-hybridized carbons (Fsp3) is 0.250. The Labute approximate surface area is 170 Å². The van der Waals surface area contributed by atoms with Crippen LogP contribution in [0.5, 0.6) is 0 Å². The van der Waals surface area contributed by atoms with E-state index in [1.54, 1.807) is 24.0 Å². The second kappa shape index (κ2) is 8.86. The summed E-state index contributed by atoms with van der Waals surface area (Å²) in [6, 6.07) is 13.7. The molecule has 150 valence electrons. The summed E-state index contributed by atoms with van der Waals surface area (Å²) in [4.78, 5) is 27.5. The molecule has 0 aromatic heterocycles. The van der Waals surface area contributed by atoms with Gasteiger partial charge in [-0.05, 0) is 42.7 Å². The van der Waals surface area contributed by atoms with Crippen LogP contribution in [-0.4, -0.2) is 23.4 Å². The standard InChI is InChI=1S/C24H24FNO3/c1-4-13-29-24(28)23-17(3)26(15-18-9-11-19(25)12-10-18)22(27)14-21(23)20-8-6-5-7-16(20)2/h4-12,21H,1,13-15H2,2-3H3. The summed E-state index contributed by atoms with van der Waals surface area (Å²) in [5.41, 5.74) is 3.77. The Kier molecular flexibility index (Phi) is 6.27. The number of ether oxygens (including phenoxy) is 1. The number of rotatable bonds is 6. The topological polar surface area (TPSA) is 46.6 Å². The lowest BCUT2D eigenvalue weighted by molar-refractivity contribution is -0.139. The third kappa shape index (κ3) is 4.45. The van der Waals surface area contributed by atoms with Crippen molar-refractivity contribution in [3.8, 4) is 0 Å². The van der Waals surface area contributed by atoms with Crippen molar-refractivity contribution < 1.29 is 18.7 Å². The van der Waals surface area contributed by atoms with E-state index in [9.17, 15) is 14.0 Å². The zero-order valence-corrected chi connectivity index (χ0v) is 16.7. The number of aryl methyl sites for hydroxylation is 1. The number of allylic oxidation sites excluding steroid dienone is 1. The molecule has 0 spiro atoms. The highest BCUT2D eigenvalue weighted by molar-refractivity contribution is 5.96. The van der Waals surface area contributed by atoms with Gasteiger partial charge in [0, 0.05) is 18.0 Å². The molecule has 0 saturated carbocycles. The SMILES string of the molecule is C=CCOC(=O)C1=C(C)N(Cc2ccc(F)cc2)C(=O)CC1c1ccccc1C. The Morgan fingerprint density at radius 1 is 1.21 bits per heavy atom. The molecule has 1 heterocycles. The Bertz CT molecular complexity index is 962. The van der Waals surface area contributed by atoms with E-state index in [4.69, 9.17) is 4.74 Å². The average molecular weight is 393 g/mol. The second-order valence-electron chi connectivity index (χ2n) is 7.11. The molecular weight excluding hydrogens is 369 g/mol. The van der Waals surface area contributed by atoms with E-state index >= 15 is 0 Å².